The zero-order chi connectivity index (χ0) is 20.3. The third-order valence-electron chi connectivity index (χ3n) is 3.87. The number of carbonyl (C=O) groups excluding carboxylic acids is 1. The van der Waals surface area contributed by atoms with E-state index in [-0.39, 0.29) is 23.0 Å². The van der Waals surface area contributed by atoms with Gasteiger partial charge in [-0.2, -0.15) is 4.98 Å². The molecule has 2 aromatic carbocycles. The Balaban J connectivity index is 1.69. The van der Waals surface area contributed by atoms with Crippen molar-refractivity contribution in [2.45, 2.75) is 18.4 Å². The minimum absolute atomic E-state index is 0.0459. The van der Waals surface area contributed by atoms with E-state index in [4.69, 9.17) is 19.1 Å². The number of methoxy groups -OCH3 is 1. The van der Waals surface area contributed by atoms with Gasteiger partial charge >= 0.3 is 5.97 Å². The lowest BCUT2D eigenvalue weighted by Gasteiger charge is -2.06. The summed E-state index contributed by atoms with van der Waals surface area (Å²) < 4.78 is 38.4. The molecule has 0 saturated carbocycles. The van der Waals surface area contributed by atoms with E-state index in [9.17, 15) is 13.2 Å². The highest BCUT2D eigenvalue weighted by Crippen LogP contribution is 2.20. The van der Waals surface area contributed by atoms with Crippen molar-refractivity contribution in [3.05, 3.63) is 59.5 Å². The Morgan fingerprint density at radius 2 is 1.89 bits per heavy atom. The van der Waals surface area contributed by atoms with E-state index in [0.717, 1.165) is 0 Å². The van der Waals surface area contributed by atoms with Gasteiger partial charge in [-0.3, -0.25) is 0 Å². The van der Waals surface area contributed by atoms with Gasteiger partial charge in [0, 0.05) is 5.56 Å². The van der Waals surface area contributed by atoms with Gasteiger partial charge in [0.25, 0.3) is 5.89 Å². The van der Waals surface area contributed by atoms with E-state index in [1.165, 1.54) is 18.2 Å². The number of aryl methyl sites for hydroxylation is 1. The number of nitrogens with zero attached hydrogens (tertiary/aromatic N) is 2. The monoisotopic (exact) mass is 403 g/mol. The molecule has 10 heteroatoms. The molecule has 0 saturated heterocycles. The van der Waals surface area contributed by atoms with Crippen molar-refractivity contribution < 1.29 is 27.2 Å². The Morgan fingerprint density at radius 1 is 1.18 bits per heavy atom. The lowest BCUT2D eigenvalue weighted by Crippen LogP contribution is -2.15. The van der Waals surface area contributed by atoms with Crippen LogP contribution in [-0.2, 0) is 21.4 Å². The van der Waals surface area contributed by atoms with Gasteiger partial charge < -0.3 is 14.0 Å². The van der Waals surface area contributed by atoms with Crippen LogP contribution in [0.2, 0.25) is 0 Å². The van der Waals surface area contributed by atoms with Crippen LogP contribution in [0, 0.1) is 6.92 Å². The van der Waals surface area contributed by atoms with Gasteiger partial charge in [0.1, 0.15) is 5.75 Å². The highest BCUT2D eigenvalue weighted by Gasteiger charge is 2.17. The summed E-state index contributed by atoms with van der Waals surface area (Å²) in [5.74, 6) is 0.381. The first kappa shape index (κ1) is 19.5. The number of primary sulfonamides is 1. The average molecular weight is 403 g/mol. The molecule has 0 unspecified atom stereocenters. The van der Waals surface area contributed by atoms with Crippen LogP contribution in [0.1, 0.15) is 21.8 Å². The highest BCUT2D eigenvalue weighted by molar-refractivity contribution is 7.89. The van der Waals surface area contributed by atoms with E-state index < -0.39 is 16.0 Å². The number of sulfonamides is 1. The van der Waals surface area contributed by atoms with E-state index in [2.05, 4.69) is 10.1 Å². The number of aromatic nitrogens is 2. The van der Waals surface area contributed by atoms with Crippen LogP contribution in [0.4, 0.5) is 0 Å². The molecule has 0 radical (unpaired) electrons. The largest absolute Gasteiger partial charge is 0.497 e. The highest BCUT2D eigenvalue weighted by atomic mass is 32.2. The molecule has 0 bridgehead atoms. The Morgan fingerprint density at radius 3 is 2.54 bits per heavy atom. The van der Waals surface area contributed by atoms with Crippen LogP contribution in [0.25, 0.3) is 11.4 Å². The standard InChI is InChI=1S/C18H17N3O6S/c1-11-3-4-13(9-15(11)28(19,23)24)18(22)26-10-16-20-17(21-27-16)12-5-7-14(25-2)8-6-12/h3-9H,10H2,1-2H3,(H2,19,23,24). The minimum Gasteiger partial charge on any atom is -0.497 e. The van der Waals surface area contributed by atoms with Crippen molar-refractivity contribution in [3.8, 4) is 17.1 Å². The van der Waals surface area contributed by atoms with Gasteiger partial charge in [-0.05, 0) is 48.9 Å². The summed E-state index contributed by atoms with van der Waals surface area (Å²) in [5, 5.41) is 8.98. The smallest absolute Gasteiger partial charge is 0.338 e. The van der Waals surface area contributed by atoms with Crippen molar-refractivity contribution >= 4 is 16.0 Å². The van der Waals surface area contributed by atoms with E-state index in [1.54, 1.807) is 38.3 Å². The first-order chi connectivity index (χ1) is 13.3. The van der Waals surface area contributed by atoms with E-state index >= 15 is 0 Å². The van der Waals surface area contributed by atoms with Crippen molar-refractivity contribution in [2.75, 3.05) is 7.11 Å². The van der Waals surface area contributed by atoms with Crippen molar-refractivity contribution in [3.63, 3.8) is 0 Å². The molecule has 146 valence electrons. The molecule has 9 nitrogen and oxygen atoms in total. The first-order valence-electron chi connectivity index (χ1n) is 8.05. The molecule has 3 rings (SSSR count). The molecule has 1 heterocycles. The summed E-state index contributed by atoms with van der Waals surface area (Å²) in [5.41, 5.74) is 1.18. The average Bonchev–Trinajstić information content (AvgIpc) is 3.14. The molecule has 3 aromatic rings. The van der Waals surface area contributed by atoms with Crippen LogP contribution >= 0.6 is 0 Å². The number of carbonyl (C=O) groups is 1. The molecule has 2 N–H and O–H groups in total. The maximum atomic E-state index is 12.2. The second kappa shape index (κ2) is 7.79. The molecule has 0 fully saturated rings. The van der Waals surface area contributed by atoms with Crippen LogP contribution in [0.15, 0.2) is 51.9 Å². The molecular formula is C18H17N3O6S. The fourth-order valence-electron chi connectivity index (χ4n) is 2.42. The second-order valence-corrected chi connectivity index (χ2v) is 7.37. The summed E-state index contributed by atoms with van der Waals surface area (Å²) in [7, 11) is -2.38. The Hall–Kier alpha value is -3.24. The number of benzene rings is 2. The van der Waals surface area contributed by atoms with Gasteiger partial charge in [0.15, 0.2) is 6.61 Å². The van der Waals surface area contributed by atoms with Crippen LogP contribution in [0.3, 0.4) is 0 Å². The van der Waals surface area contributed by atoms with E-state index in [1.807, 2.05) is 0 Å². The molecule has 0 aliphatic carbocycles. The third kappa shape index (κ3) is 4.35. The Kier molecular flexibility index (Phi) is 5.43. The summed E-state index contributed by atoms with van der Waals surface area (Å²) in [4.78, 5) is 16.2. The minimum atomic E-state index is -3.95. The Labute approximate surface area is 161 Å². The molecule has 0 amide bonds. The van der Waals surface area contributed by atoms with Gasteiger partial charge in [0.2, 0.25) is 15.8 Å². The van der Waals surface area contributed by atoms with Gasteiger partial charge in [-0.1, -0.05) is 11.2 Å². The number of ether oxygens (including phenoxy) is 2. The van der Waals surface area contributed by atoms with Crippen LogP contribution in [0.5, 0.6) is 5.75 Å². The van der Waals surface area contributed by atoms with E-state index in [0.29, 0.717) is 22.7 Å². The number of hydrogen-bond acceptors (Lipinski definition) is 8. The van der Waals surface area contributed by atoms with Gasteiger partial charge in [-0.15, -0.1) is 0 Å². The molecule has 0 aliphatic heterocycles. The quantitative estimate of drug-likeness (QED) is 0.618. The number of nitrogens with two attached hydrogens (primary N) is 1. The second-order valence-electron chi connectivity index (χ2n) is 5.84. The van der Waals surface area contributed by atoms with Crippen molar-refractivity contribution in [1.29, 1.82) is 0 Å². The Bertz CT molecular complexity index is 1110. The lowest BCUT2D eigenvalue weighted by atomic mass is 10.1. The first-order valence-corrected chi connectivity index (χ1v) is 9.60. The maximum Gasteiger partial charge on any atom is 0.338 e. The normalized spacial score (nSPS) is 11.2. The summed E-state index contributed by atoms with van der Waals surface area (Å²) in [6.07, 6.45) is 0. The lowest BCUT2D eigenvalue weighted by molar-refractivity contribution is 0.0429. The number of rotatable bonds is 6. The molecule has 0 aliphatic rings. The summed E-state index contributed by atoms with van der Waals surface area (Å²) >= 11 is 0. The predicted octanol–water partition coefficient (Wildman–Crippen LogP) is 2.06. The molecule has 0 spiro atoms. The zero-order valence-electron chi connectivity index (χ0n) is 15.1. The predicted molar refractivity (Wildman–Crippen MR) is 98.0 cm³/mol. The molecule has 1 aromatic heterocycles. The third-order valence-corrected chi connectivity index (χ3v) is 4.93. The van der Waals surface area contributed by atoms with Gasteiger partial charge in [-0.25, -0.2) is 18.4 Å². The zero-order valence-corrected chi connectivity index (χ0v) is 15.9. The fourth-order valence-corrected chi connectivity index (χ4v) is 3.22. The molecule has 0 atom stereocenters. The number of hydrogen-bond donors (Lipinski definition) is 1. The maximum absolute atomic E-state index is 12.2. The summed E-state index contributed by atoms with van der Waals surface area (Å²) in [6.45, 7) is 1.31. The molecule has 28 heavy (non-hydrogen) atoms. The number of esters is 1. The molecular weight excluding hydrogens is 386 g/mol. The van der Waals surface area contributed by atoms with Crippen molar-refractivity contribution in [2.24, 2.45) is 5.14 Å². The SMILES string of the molecule is COc1ccc(-c2noc(COC(=O)c3ccc(C)c(S(N)(=O)=O)c3)n2)cc1. The van der Waals surface area contributed by atoms with Crippen LogP contribution in [-0.4, -0.2) is 31.6 Å². The summed E-state index contributed by atoms with van der Waals surface area (Å²) in [6, 6.07) is 11.1. The topological polar surface area (TPSA) is 135 Å². The van der Waals surface area contributed by atoms with Crippen LogP contribution < -0.4 is 9.88 Å². The van der Waals surface area contributed by atoms with Gasteiger partial charge in [0.05, 0.1) is 17.6 Å². The van der Waals surface area contributed by atoms with Crippen molar-refractivity contribution in [1.82, 2.24) is 10.1 Å². The fraction of sp³-hybridized carbons (Fsp3) is 0.167.